The number of aryl methyl sites for hydroxylation is 1. The van der Waals surface area contributed by atoms with Crippen LogP contribution in [0.25, 0.3) is 5.65 Å². The highest BCUT2D eigenvalue weighted by atomic mass is 16.6. The molecule has 7 heteroatoms. The van der Waals surface area contributed by atoms with E-state index in [0.29, 0.717) is 18.5 Å². The van der Waals surface area contributed by atoms with Crippen molar-refractivity contribution in [2.45, 2.75) is 19.8 Å². The van der Waals surface area contributed by atoms with Crippen LogP contribution in [-0.4, -0.2) is 26.8 Å². The Morgan fingerprint density at radius 1 is 1.24 bits per heavy atom. The number of carbonyl (C=O) groups is 1. The van der Waals surface area contributed by atoms with Crippen molar-refractivity contribution in [3.05, 3.63) is 75.7 Å². The Labute approximate surface area is 144 Å². The number of aromatic nitrogens is 2. The molecule has 0 spiro atoms. The Hall–Kier alpha value is -3.22. The molecule has 0 radical (unpaired) electrons. The average Bonchev–Trinajstić information content (AvgIpc) is 2.96. The first kappa shape index (κ1) is 16.6. The molecule has 7 nitrogen and oxygen atoms in total. The maximum atomic E-state index is 12.0. The summed E-state index contributed by atoms with van der Waals surface area (Å²) in [5.74, 6) is -0.242. The molecule has 0 aliphatic carbocycles. The van der Waals surface area contributed by atoms with Gasteiger partial charge in [0, 0.05) is 37.0 Å². The first-order chi connectivity index (χ1) is 12.0. The number of fused-ring (bicyclic) bond motifs is 1. The lowest BCUT2D eigenvalue weighted by Crippen LogP contribution is -2.27. The average molecular weight is 338 g/mol. The van der Waals surface area contributed by atoms with E-state index in [4.69, 9.17) is 0 Å². The van der Waals surface area contributed by atoms with Crippen LogP contribution in [0.5, 0.6) is 0 Å². The van der Waals surface area contributed by atoms with E-state index in [-0.39, 0.29) is 18.0 Å². The van der Waals surface area contributed by atoms with Gasteiger partial charge in [0.25, 0.3) is 5.69 Å². The summed E-state index contributed by atoms with van der Waals surface area (Å²) in [7, 11) is 0. The van der Waals surface area contributed by atoms with Crippen molar-refractivity contribution in [3.63, 3.8) is 0 Å². The Kier molecular flexibility index (Phi) is 4.74. The molecule has 3 rings (SSSR count). The molecule has 3 aromatic rings. The van der Waals surface area contributed by atoms with Gasteiger partial charge in [-0.2, -0.15) is 0 Å². The second-order valence-electron chi connectivity index (χ2n) is 5.87. The minimum atomic E-state index is -0.471. The summed E-state index contributed by atoms with van der Waals surface area (Å²) in [5, 5.41) is 13.8. The molecule has 0 saturated heterocycles. The number of imidazole rings is 1. The Bertz CT molecular complexity index is 933. The van der Waals surface area contributed by atoms with Crippen LogP contribution in [-0.2, 0) is 17.6 Å². The lowest BCUT2D eigenvalue weighted by molar-refractivity contribution is -0.385. The molecule has 25 heavy (non-hydrogen) atoms. The van der Waals surface area contributed by atoms with Crippen molar-refractivity contribution in [1.29, 1.82) is 0 Å². The fourth-order valence-corrected chi connectivity index (χ4v) is 2.68. The number of nitro benzene ring substituents is 1. The van der Waals surface area contributed by atoms with Gasteiger partial charge in [0.05, 0.1) is 17.0 Å². The van der Waals surface area contributed by atoms with Gasteiger partial charge in [-0.3, -0.25) is 14.9 Å². The molecule has 0 fully saturated rings. The molecule has 1 N–H and O–H groups in total. The number of benzene rings is 1. The van der Waals surface area contributed by atoms with Crippen LogP contribution in [0.1, 0.15) is 16.8 Å². The standard InChI is InChI=1S/C18H18N4O3/c1-13-6-7-17-20-15(12-21(17)11-13)8-9-19-18(23)10-14-4-2-3-5-16(14)22(24)25/h2-7,11-12H,8-10H2,1H3,(H,19,23). The summed E-state index contributed by atoms with van der Waals surface area (Å²) >= 11 is 0. The lowest BCUT2D eigenvalue weighted by Gasteiger charge is -2.05. The normalized spacial score (nSPS) is 10.8. The molecule has 2 heterocycles. The number of nitro groups is 1. The van der Waals surface area contributed by atoms with Crippen LogP contribution in [0.2, 0.25) is 0 Å². The molecule has 0 saturated carbocycles. The topological polar surface area (TPSA) is 89.5 Å². The number of carbonyl (C=O) groups excluding carboxylic acids is 1. The molecule has 2 aromatic heterocycles. The minimum absolute atomic E-state index is 0.0124. The summed E-state index contributed by atoms with van der Waals surface area (Å²) in [5.41, 5.74) is 3.28. The highest BCUT2D eigenvalue weighted by Gasteiger charge is 2.15. The molecule has 128 valence electrons. The molecular formula is C18H18N4O3. The number of nitrogens with one attached hydrogen (secondary N) is 1. The van der Waals surface area contributed by atoms with Crippen molar-refractivity contribution >= 4 is 17.2 Å². The first-order valence-electron chi connectivity index (χ1n) is 7.96. The predicted octanol–water partition coefficient (Wildman–Crippen LogP) is 2.45. The second-order valence-corrected chi connectivity index (χ2v) is 5.87. The number of amides is 1. The van der Waals surface area contributed by atoms with E-state index in [0.717, 1.165) is 16.9 Å². The molecule has 1 amide bonds. The highest BCUT2D eigenvalue weighted by molar-refractivity contribution is 5.79. The van der Waals surface area contributed by atoms with Crippen LogP contribution in [0.3, 0.4) is 0 Å². The van der Waals surface area contributed by atoms with Gasteiger partial charge in [0.15, 0.2) is 0 Å². The molecule has 1 aromatic carbocycles. The van der Waals surface area contributed by atoms with E-state index < -0.39 is 4.92 Å². The number of para-hydroxylation sites is 1. The van der Waals surface area contributed by atoms with Gasteiger partial charge in [-0.1, -0.05) is 24.3 Å². The predicted molar refractivity (Wildman–Crippen MR) is 93.4 cm³/mol. The third kappa shape index (κ3) is 4.00. The molecule has 0 unspecified atom stereocenters. The fourth-order valence-electron chi connectivity index (χ4n) is 2.68. The Morgan fingerprint density at radius 2 is 2.04 bits per heavy atom. The van der Waals surface area contributed by atoms with Crippen molar-refractivity contribution in [3.8, 4) is 0 Å². The van der Waals surface area contributed by atoms with Crippen LogP contribution in [0.4, 0.5) is 5.69 Å². The zero-order valence-corrected chi connectivity index (χ0v) is 13.8. The molecule has 0 atom stereocenters. The van der Waals surface area contributed by atoms with Crippen molar-refractivity contribution in [2.75, 3.05) is 6.54 Å². The van der Waals surface area contributed by atoms with Gasteiger partial charge >= 0.3 is 0 Å². The molecule has 0 aliphatic rings. The van der Waals surface area contributed by atoms with E-state index >= 15 is 0 Å². The summed E-state index contributed by atoms with van der Waals surface area (Å²) < 4.78 is 1.96. The van der Waals surface area contributed by atoms with Crippen LogP contribution < -0.4 is 5.32 Å². The quantitative estimate of drug-likeness (QED) is 0.552. The number of nitrogens with zero attached hydrogens (tertiary/aromatic N) is 3. The smallest absolute Gasteiger partial charge is 0.273 e. The highest BCUT2D eigenvalue weighted by Crippen LogP contribution is 2.17. The lowest BCUT2D eigenvalue weighted by atomic mass is 10.1. The Morgan fingerprint density at radius 3 is 2.84 bits per heavy atom. The van der Waals surface area contributed by atoms with E-state index in [1.165, 1.54) is 6.07 Å². The molecule has 0 aliphatic heterocycles. The van der Waals surface area contributed by atoms with Gasteiger partial charge in [0.1, 0.15) is 5.65 Å². The van der Waals surface area contributed by atoms with Gasteiger partial charge in [0.2, 0.25) is 5.91 Å². The van der Waals surface area contributed by atoms with Crippen molar-refractivity contribution in [1.82, 2.24) is 14.7 Å². The fraction of sp³-hybridized carbons (Fsp3) is 0.222. The molecule has 0 bridgehead atoms. The van der Waals surface area contributed by atoms with Crippen molar-refractivity contribution in [2.24, 2.45) is 0 Å². The zero-order chi connectivity index (χ0) is 17.8. The van der Waals surface area contributed by atoms with Gasteiger partial charge in [-0.15, -0.1) is 0 Å². The second kappa shape index (κ2) is 7.12. The number of pyridine rings is 1. The summed E-state index contributed by atoms with van der Waals surface area (Å²) in [4.78, 5) is 27.0. The van der Waals surface area contributed by atoms with Crippen molar-refractivity contribution < 1.29 is 9.72 Å². The van der Waals surface area contributed by atoms with E-state index in [9.17, 15) is 14.9 Å². The maximum absolute atomic E-state index is 12.0. The van der Waals surface area contributed by atoms with E-state index in [1.807, 2.05) is 35.9 Å². The monoisotopic (exact) mass is 338 g/mol. The SMILES string of the molecule is Cc1ccc2nc(CCNC(=O)Cc3ccccc3[N+](=O)[O-])cn2c1. The largest absolute Gasteiger partial charge is 0.355 e. The van der Waals surface area contributed by atoms with E-state index in [1.54, 1.807) is 18.2 Å². The molecular weight excluding hydrogens is 320 g/mol. The Balaban J connectivity index is 1.56. The maximum Gasteiger partial charge on any atom is 0.273 e. The van der Waals surface area contributed by atoms with E-state index in [2.05, 4.69) is 10.3 Å². The van der Waals surface area contributed by atoms with Crippen LogP contribution >= 0.6 is 0 Å². The van der Waals surface area contributed by atoms with Gasteiger partial charge in [-0.05, 0) is 18.6 Å². The summed E-state index contributed by atoms with van der Waals surface area (Å²) in [6, 6.07) is 10.2. The third-order valence-corrected chi connectivity index (χ3v) is 3.89. The number of rotatable bonds is 6. The summed E-state index contributed by atoms with van der Waals surface area (Å²) in [6.45, 7) is 2.45. The van der Waals surface area contributed by atoms with Crippen LogP contribution in [0, 0.1) is 17.0 Å². The minimum Gasteiger partial charge on any atom is -0.355 e. The summed E-state index contributed by atoms with van der Waals surface area (Å²) in [6.07, 6.45) is 4.53. The zero-order valence-electron chi connectivity index (χ0n) is 13.8. The van der Waals surface area contributed by atoms with Crippen LogP contribution in [0.15, 0.2) is 48.8 Å². The number of hydrogen-bond acceptors (Lipinski definition) is 4. The van der Waals surface area contributed by atoms with Gasteiger partial charge < -0.3 is 9.72 Å². The third-order valence-electron chi connectivity index (χ3n) is 3.89. The van der Waals surface area contributed by atoms with Gasteiger partial charge in [-0.25, -0.2) is 4.98 Å². The first-order valence-corrected chi connectivity index (χ1v) is 7.96. The number of hydrogen-bond donors (Lipinski definition) is 1.